The van der Waals surface area contributed by atoms with E-state index in [9.17, 15) is 24.2 Å². The quantitative estimate of drug-likeness (QED) is 0.227. The summed E-state index contributed by atoms with van der Waals surface area (Å²) in [5.74, 6) is -2.07. The Kier molecular flexibility index (Phi) is 11.1. The summed E-state index contributed by atoms with van der Waals surface area (Å²) in [5, 5.41) is 22.6. The molecule has 2 heterocycles. The van der Waals surface area contributed by atoms with E-state index < -0.39 is 65.0 Å². The number of carboxylic acid groups (broad SMARTS) is 1. The number of aliphatic hydroxyl groups is 1. The molecule has 2 unspecified atom stereocenters. The first-order chi connectivity index (χ1) is 22.5. The Labute approximate surface area is 279 Å². The number of halogens is 3. The smallest absolute Gasteiger partial charge is 0.407 e. The standard InChI is InChI=1S/C35H46F3N5O5/c1-21(20-44)39-32(45)42(17-25-27(38)18-43(33(46)47)29(25)34(2,3)4)30(35(5,6)48-7)31-40-28(24-15-23(36)13-14-26(24)37)19-41(31)16-22-11-9-8-10-12-22/h8-15,19,21,25,27,29-30,44H,16-18,20H2,1-7H3,(H,39,45)(H,46,47)/t21?,25-,27-,29?,30-/m0/s1. The van der Waals surface area contributed by atoms with E-state index in [1.807, 2.05) is 51.1 Å². The van der Waals surface area contributed by atoms with E-state index in [0.717, 1.165) is 28.7 Å². The Bertz CT molecular complexity index is 1580. The molecule has 2 aromatic carbocycles. The van der Waals surface area contributed by atoms with Gasteiger partial charge in [0.25, 0.3) is 0 Å². The molecule has 0 saturated carbocycles. The van der Waals surface area contributed by atoms with Crippen molar-refractivity contribution in [1.29, 1.82) is 0 Å². The minimum absolute atomic E-state index is 0.0912. The molecule has 5 atom stereocenters. The monoisotopic (exact) mass is 673 g/mol. The van der Waals surface area contributed by atoms with Crippen molar-refractivity contribution in [3.63, 3.8) is 0 Å². The Morgan fingerprint density at radius 1 is 1.12 bits per heavy atom. The Morgan fingerprint density at radius 2 is 1.79 bits per heavy atom. The van der Waals surface area contributed by atoms with Crippen molar-refractivity contribution in [3.8, 4) is 11.3 Å². The van der Waals surface area contributed by atoms with Crippen molar-refractivity contribution in [2.24, 2.45) is 11.3 Å². The van der Waals surface area contributed by atoms with Gasteiger partial charge in [0.2, 0.25) is 0 Å². The number of aromatic nitrogens is 2. The van der Waals surface area contributed by atoms with Gasteiger partial charge in [-0.2, -0.15) is 0 Å². The molecule has 0 radical (unpaired) electrons. The Morgan fingerprint density at radius 3 is 2.38 bits per heavy atom. The molecule has 1 saturated heterocycles. The van der Waals surface area contributed by atoms with Crippen LogP contribution >= 0.6 is 0 Å². The van der Waals surface area contributed by atoms with Gasteiger partial charge in [-0.3, -0.25) is 0 Å². The van der Waals surface area contributed by atoms with Crippen molar-refractivity contribution < 1.29 is 37.7 Å². The van der Waals surface area contributed by atoms with Gasteiger partial charge in [-0.15, -0.1) is 0 Å². The summed E-state index contributed by atoms with van der Waals surface area (Å²) in [5.41, 5.74) is -1.05. The highest BCUT2D eigenvalue weighted by atomic mass is 19.1. The van der Waals surface area contributed by atoms with E-state index in [4.69, 9.17) is 9.72 Å². The van der Waals surface area contributed by atoms with E-state index in [-0.39, 0.29) is 43.3 Å². The van der Waals surface area contributed by atoms with Crippen LogP contribution in [0.1, 0.15) is 59.0 Å². The number of urea groups is 1. The number of methoxy groups -OCH3 is 1. The van der Waals surface area contributed by atoms with Crippen LogP contribution < -0.4 is 5.32 Å². The largest absolute Gasteiger partial charge is 0.465 e. The molecule has 1 aliphatic rings. The summed E-state index contributed by atoms with van der Waals surface area (Å²) in [6.45, 7) is 9.74. The molecule has 3 aromatic rings. The first-order valence-electron chi connectivity index (χ1n) is 15.9. The lowest BCUT2D eigenvalue weighted by Gasteiger charge is -2.44. The fourth-order valence-corrected chi connectivity index (χ4v) is 6.57. The van der Waals surface area contributed by atoms with Gasteiger partial charge in [-0.1, -0.05) is 51.1 Å². The fraction of sp³-hybridized carbons (Fsp3) is 0.514. The van der Waals surface area contributed by atoms with E-state index in [2.05, 4.69) is 5.32 Å². The van der Waals surface area contributed by atoms with E-state index >= 15 is 8.78 Å². The van der Waals surface area contributed by atoms with Crippen LogP contribution in [-0.4, -0.2) is 92.4 Å². The van der Waals surface area contributed by atoms with Crippen LogP contribution in [-0.2, 0) is 11.3 Å². The SMILES string of the molecule is COC(C)(C)[C@H](c1nc(-c2cc(F)ccc2F)cn1Cc1ccccc1)N(C[C@@H]1C(C(C)(C)C)N(C(=O)O)C[C@@H]1F)C(=O)NC(C)CO. The number of hydrogen-bond donors (Lipinski definition) is 3. The average Bonchev–Trinajstić information content (AvgIpc) is 3.58. The third kappa shape index (κ3) is 7.95. The Balaban J connectivity index is 1.96. The number of nitrogens with one attached hydrogen (secondary N) is 1. The van der Waals surface area contributed by atoms with Crippen molar-refractivity contribution in [2.75, 3.05) is 26.8 Å². The van der Waals surface area contributed by atoms with Crippen molar-refractivity contribution >= 4 is 12.1 Å². The first-order valence-corrected chi connectivity index (χ1v) is 15.9. The van der Waals surface area contributed by atoms with Gasteiger partial charge in [0.1, 0.15) is 29.7 Å². The lowest BCUT2D eigenvalue weighted by atomic mass is 9.78. The average molecular weight is 674 g/mol. The second-order valence-corrected chi connectivity index (χ2v) is 14.0. The molecule has 13 heteroatoms. The molecule has 48 heavy (non-hydrogen) atoms. The number of imidazole rings is 1. The minimum atomic E-state index is -1.61. The number of ether oxygens (including phenoxy) is 1. The summed E-state index contributed by atoms with van der Waals surface area (Å²) in [4.78, 5) is 33.8. The molecule has 10 nitrogen and oxygen atoms in total. The number of alkyl halides is 1. The number of nitrogens with zero attached hydrogens (tertiary/aromatic N) is 4. The third-order valence-corrected chi connectivity index (χ3v) is 8.97. The first kappa shape index (κ1) is 36.7. The number of amides is 3. The number of hydrogen-bond acceptors (Lipinski definition) is 5. The third-order valence-electron chi connectivity index (χ3n) is 8.97. The van der Waals surface area contributed by atoms with Crippen LogP contribution in [0.5, 0.6) is 0 Å². The van der Waals surface area contributed by atoms with Gasteiger partial charge >= 0.3 is 12.1 Å². The van der Waals surface area contributed by atoms with Gasteiger partial charge in [0, 0.05) is 43.9 Å². The number of carbonyl (C=O) groups excluding carboxylic acids is 1. The van der Waals surface area contributed by atoms with E-state index in [0.29, 0.717) is 0 Å². The predicted octanol–water partition coefficient (Wildman–Crippen LogP) is 6.10. The highest BCUT2D eigenvalue weighted by Crippen LogP contribution is 2.42. The summed E-state index contributed by atoms with van der Waals surface area (Å²) >= 11 is 0. The molecule has 1 fully saturated rings. The Hall–Kier alpha value is -4.10. The van der Waals surface area contributed by atoms with Crippen LogP contribution in [0.15, 0.2) is 54.7 Å². The summed E-state index contributed by atoms with van der Waals surface area (Å²) in [7, 11) is 1.45. The van der Waals surface area contributed by atoms with Gasteiger partial charge in [0.05, 0.1) is 30.5 Å². The summed E-state index contributed by atoms with van der Waals surface area (Å²) in [6.07, 6.45) is -1.30. The number of carbonyl (C=O) groups is 2. The predicted molar refractivity (Wildman–Crippen MR) is 175 cm³/mol. The van der Waals surface area contributed by atoms with E-state index in [1.54, 1.807) is 31.5 Å². The zero-order valence-electron chi connectivity index (χ0n) is 28.5. The highest BCUT2D eigenvalue weighted by molar-refractivity contribution is 5.75. The molecule has 3 amide bonds. The second kappa shape index (κ2) is 14.6. The maximum Gasteiger partial charge on any atom is 0.407 e. The minimum Gasteiger partial charge on any atom is -0.465 e. The number of aliphatic hydroxyl groups excluding tert-OH is 1. The topological polar surface area (TPSA) is 120 Å². The van der Waals surface area contributed by atoms with Gasteiger partial charge in [0.15, 0.2) is 0 Å². The van der Waals surface area contributed by atoms with Crippen LogP contribution in [0.4, 0.5) is 22.8 Å². The fourth-order valence-electron chi connectivity index (χ4n) is 6.57. The zero-order valence-corrected chi connectivity index (χ0v) is 28.5. The number of likely N-dealkylation sites (tertiary alicyclic amines) is 1. The van der Waals surface area contributed by atoms with Gasteiger partial charge < -0.3 is 34.6 Å². The molecule has 0 spiro atoms. The van der Waals surface area contributed by atoms with Crippen LogP contribution in [0, 0.1) is 23.0 Å². The molecule has 0 bridgehead atoms. The van der Waals surface area contributed by atoms with Crippen molar-refractivity contribution in [2.45, 2.75) is 78.0 Å². The zero-order chi connectivity index (χ0) is 35.6. The lowest BCUT2D eigenvalue weighted by molar-refractivity contribution is -0.0540. The normalized spacial score (nSPS) is 19.6. The molecule has 262 valence electrons. The van der Waals surface area contributed by atoms with Crippen LogP contribution in [0.2, 0.25) is 0 Å². The van der Waals surface area contributed by atoms with Gasteiger partial charge in [-0.25, -0.2) is 27.7 Å². The molecular formula is C35H46F3N5O5. The van der Waals surface area contributed by atoms with Crippen molar-refractivity contribution in [3.05, 3.63) is 77.8 Å². The van der Waals surface area contributed by atoms with E-state index in [1.165, 1.54) is 12.0 Å². The van der Waals surface area contributed by atoms with Crippen molar-refractivity contribution in [1.82, 2.24) is 24.7 Å². The molecule has 1 aliphatic heterocycles. The van der Waals surface area contributed by atoms with Crippen LogP contribution in [0.25, 0.3) is 11.3 Å². The van der Waals surface area contributed by atoms with Gasteiger partial charge in [-0.05, 0) is 49.9 Å². The molecule has 4 rings (SSSR count). The summed E-state index contributed by atoms with van der Waals surface area (Å²) in [6, 6.07) is 9.16. The molecule has 1 aromatic heterocycles. The number of rotatable bonds is 11. The maximum absolute atomic E-state index is 16.0. The lowest BCUT2D eigenvalue weighted by Crippen LogP contribution is -2.56. The maximum atomic E-state index is 16.0. The molecule has 3 N–H and O–H groups in total. The number of benzene rings is 2. The molecular weight excluding hydrogens is 627 g/mol. The molecule has 0 aliphatic carbocycles. The summed E-state index contributed by atoms with van der Waals surface area (Å²) < 4.78 is 53.2. The van der Waals surface area contributed by atoms with Crippen LogP contribution in [0.3, 0.4) is 0 Å². The highest BCUT2D eigenvalue weighted by Gasteiger charge is 2.52. The second-order valence-electron chi connectivity index (χ2n) is 14.0.